The topological polar surface area (TPSA) is 137 Å². The molecule has 0 amide bonds. The molecule has 0 aliphatic carbocycles. The van der Waals surface area contributed by atoms with Crippen LogP contribution in [0.3, 0.4) is 0 Å². The first-order chi connectivity index (χ1) is 18.5. The maximum absolute atomic E-state index is 13.0. The van der Waals surface area contributed by atoms with Gasteiger partial charge < -0.3 is 18.9 Å². The summed E-state index contributed by atoms with van der Waals surface area (Å²) in [5.74, 6) is -2.16. The number of alkyl halides is 1. The molecule has 4 rings (SSSR count). The third-order valence-electron chi connectivity index (χ3n) is 5.68. The quantitative estimate of drug-likeness (QED) is 0.0994. The minimum Gasteiger partial charge on any atom is -0.459 e. The highest BCUT2D eigenvalue weighted by Crippen LogP contribution is 2.32. The Balaban J connectivity index is 1.60. The van der Waals surface area contributed by atoms with Gasteiger partial charge in [-0.25, -0.2) is 14.4 Å². The molecular formula is C27H22ClN3O7. The number of carbonyl (C=O) groups excluding carboxylic acids is 3. The first kappa shape index (κ1) is 26.7. The lowest BCUT2D eigenvalue weighted by Crippen LogP contribution is -2.59. The van der Waals surface area contributed by atoms with E-state index >= 15 is 0 Å². The molecule has 1 saturated heterocycles. The van der Waals surface area contributed by atoms with Crippen molar-refractivity contribution in [2.75, 3.05) is 6.61 Å². The molecule has 1 fully saturated rings. The van der Waals surface area contributed by atoms with Crippen LogP contribution < -0.4 is 0 Å². The Morgan fingerprint density at radius 2 is 1.21 bits per heavy atom. The molecule has 5 atom stereocenters. The predicted molar refractivity (Wildman–Crippen MR) is 135 cm³/mol. The average Bonchev–Trinajstić information content (AvgIpc) is 2.96. The standard InChI is InChI=1S/C27H22ClN3O7/c28-24-23(38-27(34)19-14-8-3-9-15-19)22(37-26(33)18-12-6-2-7-13-18)21(30-31-29)20(36-24)16-35-25(32)17-10-4-1-5-11-17/h1-15,20-24H,16H2/t20-,21+,22+,23-,24+/m1/s1. The van der Waals surface area contributed by atoms with Gasteiger partial charge in [0.05, 0.1) is 16.7 Å². The second-order valence-corrected chi connectivity index (χ2v) is 8.59. The van der Waals surface area contributed by atoms with Gasteiger partial charge in [0.25, 0.3) is 0 Å². The number of halogens is 1. The highest BCUT2D eigenvalue weighted by atomic mass is 35.5. The summed E-state index contributed by atoms with van der Waals surface area (Å²) < 4.78 is 22.4. The molecular weight excluding hydrogens is 514 g/mol. The number of nitrogens with zero attached hydrogens (tertiary/aromatic N) is 3. The summed E-state index contributed by atoms with van der Waals surface area (Å²) in [6.45, 7) is -0.376. The van der Waals surface area contributed by atoms with E-state index in [1.54, 1.807) is 66.7 Å². The van der Waals surface area contributed by atoms with Crippen molar-refractivity contribution in [3.63, 3.8) is 0 Å². The molecule has 0 bridgehead atoms. The average molecular weight is 536 g/mol. The van der Waals surface area contributed by atoms with Crippen molar-refractivity contribution in [3.8, 4) is 0 Å². The Bertz CT molecular complexity index is 1300. The summed E-state index contributed by atoms with van der Waals surface area (Å²) in [6, 6.07) is 23.2. The minimum atomic E-state index is -1.36. The third kappa shape index (κ3) is 6.49. The molecule has 0 saturated carbocycles. The number of hydrogen-bond donors (Lipinski definition) is 0. The van der Waals surface area contributed by atoms with Crippen molar-refractivity contribution in [3.05, 3.63) is 118 Å². The van der Waals surface area contributed by atoms with Crippen LogP contribution in [0.15, 0.2) is 96.1 Å². The van der Waals surface area contributed by atoms with Gasteiger partial charge in [-0.2, -0.15) is 0 Å². The van der Waals surface area contributed by atoms with Crippen molar-refractivity contribution >= 4 is 29.5 Å². The van der Waals surface area contributed by atoms with Crippen LogP contribution in [0.4, 0.5) is 0 Å². The molecule has 3 aromatic rings. The zero-order chi connectivity index (χ0) is 26.9. The van der Waals surface area contributed by atoms with E-state index in [4.69, 9.17) is 30.5 Å². The van der Waals surface area contributed by atoms with Gasteiger partial charge in [-0.05, 0) is 41.9 Å². The van der Waals surface area contributed by atoms with E-state index in [0.29, 0.717) is 5.56 Å². The third-order valence-corrected chi connectivity index (χ3v) is 6.03. The summed E-state index contributed by atoms with van der Waals surface area (Å²) in [7, 11) is 0. The molecule has 3 aromatic carbocycles. The van der Waals surface area contributed by atoms with Crippen molar-refractivity contribution in [2.45, 2.75) is 29.9 Å². The normalized spacial score (nSPS) is 22.4. The van der Waals surface area contributed by atoms with E-state index in [0.717, 1.165) is 0 Å². The molecule has 38 heavy (non-hydrogen) atoms. The maximum Gasteiger partial charge on any atom is 0.338 e. The van der Waals surface area contributed by atoms with Gasteiger partial charge in [0.2, 0.25) is 0 Å². The molecule has 1 aliphatic heterocycles. The minimum absolute atomic E-state index is 0.213. The Kier molecular flexibility index (Phi) is 8.94. The second kappa shape index (κ2) is 12.7. The van der Waals surface area contributed by atoms with Gasteiger partial charge in [-0.15, -0.1) is 0 Å². The van der Waals surface area contributed by atoms with Crippen molar-refractivity contribution in [2.24, 2.45) is 5.11 Å². The summed E-state index contributed by atoms with van der Waals surface area (Å²) in [6.07, 6.45) is -3.82. The fourth-order valence-electron chi connectivity index (χ4n) is 3.82. The highest BCUT2D eigenvalue weighted by Gasteiger charge is 2.50. The number of rotatable bonds is 8. The van der Waals surface area contributed by atoms with Crippen molar-refractivity contribution < 1.29 is 33.3 Å². The van der Waals surface area contributed by atoms with Gasteiger partial charge in [0.1, 0.15) is 18.8 Å². The second-order valence-electron chi connectivity index (χ2n) is 8.16. The van der Waals surface area contributed by atoms with Crippen LogP contribution in [0.1, 0.15) is 31.1 Å². The molecule has 11 heteroatoms. The van der Waals surface area contributed by atoms with E-state index < -0.39 is 47.8 Å². The van der Waals surface area contributed by atoms with E-state index in [-0.39, 0.29) is 17.7 Å². The number of benzene rings is 3. The number of azide groups is 1. The largest absolute Gasteiger partial charge is 0.459 e. The van der Waals surface area contributed by atoms with E-state index in [9.17, 15) is 19.9 Å². The van der Waals surface area contributed by atoms with Crippen LogP contribution in [0.5, 0.6) is 0 Å². The van der Waals surface area contributed by atoms with Gasteiger partial charge in [0.15, 0.2) is 17.8 Å². The lowest BCUT2D eigenvalue weighted by molar-refractivity contribution is -0.163. The maximum atomic E-state index is 13.0. The molecule has 0 N–H and O–H groups in total. The van der Waals surface area contributed by atoms with Crippen LogP contribution in [-0.4, -0.2) is 54.4 Å². The van der Waals surface area contributed by atoms with Crippen LogP contribution >= 0.6 is 11.6 Å². The van der Waals surface area contributed by atoms with Crippen LogP contribution in [0.2, 0.25) is 0 Å². The summed E-state index contributed by atoms with van der Waals surface area (Å²) in [4.78, 5) is 41.1. The van der Waals surface area contributed by atoms with Crippen molar-refractivity contribution in [1.82, 2.24) is 0 Å². The lowest BCUT2D eigenvalue weighted by atomic mass is 9.97. The van der Waals surface area contributed by atoms with E-state index in [1.807, 2.05) is 0 Å². The smallest absolute Gasteiger partial charge is 0.338 e. The summed E-state index contributed by atoms with van der Waals surface area (Å²) in [5.41, 5.74) is 8.69. The molecule has 0 spiro atoms. The van der Waals surface area contributed by atoms with Gasteiger partial charge in [-0.1, -0.05) is 71.3 Å². The first-order valence-corrected chi connectivity index (χ1v) is 12.0. The molecule has 1 heterocycles. The number of ether oxygens (including phenoxy) is 4. The summed E-state index contributed by atoms with van der Waals surface area (Å²) >= 11 is 6.46. The highest BCUT2D eigenvalue weighted by molar-refractivity contribution is 6.20. The van der Waals surface area contributed by atoms with E-state index in [1.165, 1.54) is 24.3 Å². The Morgan fingerprint density at radius 1 is 0.763 bits per heavy atom. The van der Waals surface area contributed by atoms with Gasteiger partial charge in [-0.3, -0.25) is 0 Å². The zero-order valence-electron chi connectivity index (χ0n) is 19.8. The Morgan fingerprint density at radius 3 is 1.68 bits per heavy atom. The van der Waals surface area contributed by atoms with Crippen LogP contribution in [-0.2, 0) is 18.9 Å². The number of carbonyl (C=O) groups is 3. The molecule has 0 radical (unpaired) electrons. The van der Waals surface area contributed by atoms with Crippen LogP contribution in [0, 0.1) is 0 Å². The number of esters is 3. The fraction of sp³-hybridized carbons (Fsp3) is 0.222. The monoisotopic (exact) mass is 535 g/mol. The molecule has 1 aliphatic rings. The van der Waals surface area contributed by atoms with Crippen molar-refractivity contribution in [1.29, 1.82) is 0 Å². The molecule has 0 unspecified atom stereocenters. The SMILES string of the molecule is [N-]=[N+]=N[C@@H]1[C@H](OC(=O)c2ccccc2)[C@@H](OC(=O)c2ccccc2)[C@@H](Cl)O[C@@H]1COC(=O)c1ccccc1. The van der Waals surface area contributed by atoms with E-state index in [2.05, 4.69) is 10.0 Å². The molecule has 194 valence electrons. The Hall–Kier alpha value is -4.37. The zero-order valence-corrected chi connectivity index (χ0v) is 20.6. The number of hydrogen-bond acceptors (Lipinski definition) is 8. The molecule has 0 aromatic heterocycles. The molecule has 10 nitrogen and oxygen atoms in total. The van der Waals surface area contributed by atoms with Gasteiger partial charge >= 0.3 is 17.9 Å². The van der Waals surface area contributed by atoms with Gasteiger partial charge in [0, 0.05) is 4.91 Å². The van der Waals surface area contributed by atoms with Crippen LogP contribution in [0.25, 0.3) is 10.4 Å². The fourth-order valence-corrected chi connectivity index (χ4v) is 4.15. The Labute approximate surface area is 222 Å². The first-order valence-electron chi connectivity index (χ1n) is 11.6. The predicted octanol–water partition coefficient (Wildman–Crippen LogP) is 4.94. The lowest BCUT2D eigenvalue weighted by Gasteiger charge is -2.41. The summed E-state index contributed by atoms with van der Waals surface area (Å²) in [5, 5.41) is 3.75.